The van der Waals surface area contributed by atoms with Gasteiger partial charge >= 0.3 is 0 Å². The third kappa shape index (κ3) is 4.50. The molecule has 6 heteroatoms. The predicted molar refractivity (Wildman–Crippen MR) is 69.9 cm³/mol. The van der Waals surface area contributed by atoms with Crippen LogP contribution in [0.2, 0.25) is 0 Å². The van der Waals surface area contributed by atoms with Crippen LogP contribution in [-0.4, -0.2) is 24.2 Å². The average Bonchev–Trinajstić information content (AvgIpc) is 2.92. The Hall–Kier alpha value is -1.66. The van der Waals surface area contributed by atoms with Gasteiger partial charge in [-0.1, -0.05) is 12.8 Å². The molecule has 1 fully saturated rings. The van der Waals surface area contributed by atoms with E-state index < -0.39 is 4.92 Å². The molecular formula is C13H18N2O4. The van der Waals surface area contributed by atoms with Crippen molar-refractivity contribution in [1.29, 1.82) is 0 Å². The lowest BCUT2D eigenvalue weighted by Gasteiger charge is -2.12. The van der Waals surface area contributed by atoms with Crippen molar-refractivity contribution in [1.82, 2.24) is 5.48 Å². The molecule has 0 heterocycles. The highest BCUT2D eigenvalue weighted by atomic mass is 16.7. The van der Waals surface area contributed by atoms with Gasteiger partial charge in [-0.15, -0.1) is 0 Å². The van der Waals surface area contributed by atoms with Crippen molar-refractivity contribution >= 4 is 5.69 Å². The van der Waals surface area contributed by atoms with Crippen molar-refractivity contribution in [3.63, 3.8) is 0 Å². The van der Waals surface area contributed by atoms with Crippen LogP contribution in [0.25, 0.3) is 0 Å². The Morgan fingerprint density at radius 1 is 1.26 bits per heavy atom. The molecule has 1 saturated carbocycles. The zero-order valence-corrected chi connectivity index (χ0v) is 10.7. The van der Waals surface area contributed by atoms with Crippen LogP contribution in [0.5, 0.6) is 5.75 Å². The van der Waals surface area contributed by atoms with Crippen molar-refractivity contribution in [2.24, 2.45) is 0 Å². The van der Waals surface area contributed by atoms with E-state index >= 15 is 0 Å². The van der Waals surface area contributed by atoms with Gasteiger partial charge in [-0.3, -0.25) is 15.0 Å². The van der Waals surface area contributed by atoms with Gasteiger partial charge in [-0.2, -0.15) is 5.48 Å². The molecule has 0 amide bonds. The Kier molecular flexibility index (Phi) is 5.11. The number of non-ortho nitro benzene ring substituents is 1. The lowest BCUT2D eigenvalue weighted by Crippen LogP contribution is -2.26. The van der Waals surface area contributed by atoms with Gasteiger partial charge in [0.05, 0.1) is 17.6 Å². The largest absolute Gasteiger partial charge is 0.492 e. The molecule has 1 aliphatic carbocycles. The minimum absolute atomic E-state index is 0.0649. The van der Waals surface area contributed by atoms with E-state index in [2.05, 4.69) is 5.48 Å². The summed E-state index contributed by atoms with van der Waals surface area (Å²) in [6.07, 6.45) is 5.06. The average molecular weight is 266 g/mol. The molecule has 0 spiro atoms. The molecule has 0 aromatic heterocycles. The molecule has 104 valence electrons. The van der Waals surface area contributed by atoms with Gasteiger partial charge in [0.2, 0.25) is 0 Å². The van der Waals surface area contributed by atoms with Crippen molar-refractivity contribution in [3.05, 3.63) is 34.4 Å². The Morgan fingerprint density at radius 2 is 1.95 bits per heavy atom. The van der Waals surface area contributed by atoms with Crippen LogP contribution in [0.15, 0.2) is 24.3 Å². The first-order chi connectivity index (χ1) is 9.25. The van der Waals surface area contributed by atoms with E-state index in [-0.39, 0.29) is 5.69 Å². The minimum atomic E-state index is -0.430. The fourth-order valence-electron chi connectivity index (χ4n) is 2.06. The lowest BCUT2D eigenvalue weighted by atomic mass is 10.3. The number of benzene rings is 1. The Balaban J connectivity index is 1.61. The number of nitrogens with one attached hydrogen (secondary N) is 1. The van der Waals surface area contributed by atoms with Gasteiger partial charge in [0.15, 0.2) is 0 Å². The van der Waals surface area contributed by atoms with E-state index in [1.165, 1.54) is 25.0 Å². The maximum atomic E-state index is 10.5. The molecule has 2 rings (SSSR count). The van der Waals surface area contributed by atoms with Crippen LogP contribution < -0.4 is 10.2 Å². The summed E-state index contributed by atoms with van der Waals surface area (Å²) in [6, 6.07) is 6.04. The molecule has 6 nitrogen and oxygen atoms in total. The number of nitrogens with zero attached hydrogens (tertiary/aromatic N) is 1. The number of rotatable bonds is 7. The first-order valence-electron chi connectivity index (χ1n) is 6.51. The van der Waals surface area contributed by atoms with Crippen molar-refractivity contribution in [2.75, 3.05) is 13.2 Å². The van der Waals surface area contributed by atoms with Gasteiger partial charge in [-0.25, -0.2) is 0 Å². The Bertz CT molecular complexity index is 402. The molecule has 0 bridgehead atoms. The third-order valence-electron chi connectivity index (χ3n) is 3.07. The second kappa shape index (κ2) is 7.06. The van der Waals surface area contributed by atoms with Crippen LogP contribution in [0.3, 0.4) is 0 Å². The quantitative estimate of drug-likeness (QED) is 0.466. The van der Waals surface area contributed by atoms with Crippen molar-refractivity contribution < 1.29 is 14.5 Å². The monoisotopic (exact) mass is 266 g/mol. The SMILES string of the molecule is O=[N+]([O-])c1ccc(OCCNOC2CCCC2)cc1. The van der Waals surface area contributed by atoms with Crippen molar-refractivity contribution in [2.45, 2.75) is 31.8 Å². The summed E-state index contributed by atoms with van der Waals surface area (Å²) in [6.45, 7) is 1.05. The minimum Gasteiger partial charge on any atom is -0.492 e. The molecule has 19 heavy (non-hydrogen) atoms. The third-order valence-corrected chi connectivity index (χ3v) is 3.07. The van der Waals surface area contributed by atoms with Crippen molar-refractivity contribution in [3.8, 4) is 5.75 Å². The fourth-order valence-corrected chi connectivity index (χ4v) is 2.06. The summed E-state index contributed by atoms with van der Waals surface area (Å²) >= 11 is 0. The zero-order valence-electron chi connectivity index (χ0n) is 10.7. The Labute approximate surface area is 111 Å². The number of nitro benzene ring substituents is 1. The van der Waals surface area contributed by atoms with Crippen LogP contribution in [0.4, 0.5) is 5.69 Å². The zero-order chi connectivity index (χ0) is 13.5. The number of hydroxylamine groups is 1. The summed E-state index contributed by atoms with van der Waals surface area (Å²) in [5.74, 6) is 0.619. The predicted octanol–water partition coefficient (Wildman–Crippen LogP) is 2.44. The molecule has 0 radical (unpaired) electrons. The van der Waals surface area contributed by atoms with Crippen LogP contribution in [-0.2, 0) is 4.84 Å². The van der Waals surface area contributed by atoms with Gasteiger partial charge in [0.1, 0.15) is 12.4 Å². The van der Waals surface area contributed by atoms with Crippen LogP contribution in [0.1, 0.15) is 25.7 Å². The van der Waals surface area contributed by atoms with E-state index in [0.29, 0.717) is 25.0 Å². The number of hydrogen-bond donors (Lipinski definition) is 1. The molecule has 1 aliphatic rings. The van der Waals surface area contributed by atoms with Gasteiger partial charge < -0.3 is 4.74 Å². The van der Waals surface area contributed by atoms with E-state index in [1.54, 1.807) is 12.1 Å². The van der Waals surface area contributed by atoms with Crippen LogP contribution >= 0.6 is 0 Å². The Morgan fingerprint density at radius 3 is 2.58 bits per heavy atom. The molecule has 0 saturated heterocycles. The molecule has 1 aromatic rings. The summed E-state index contributed by atoms with van der Waals surface area (Å²) in [4.78, 5) is 15.5. The van der Waals surface area contributed by atoms with Gasteiger partial charge in [-0.05, 0) is 25.0 Å². The van der Waals surface area contributed by atoms with Gasteiger partial charge in [0.25, 0.3) is 5.69 Å². The molecular weight excluding hydrogens is 248 g/mol. The highest BCUT2D eigenvalue weighted by Crippen LogP contribution is 2.20. The molecule has 1 aromatic carbocycles. The van der Waals surface area contributed by atoms with E-state index in [4.69, 9.17) is 9.57 Å². The highest BCUT2D eigenvalue weighted by molar-refractivity contribution is 5.35. The number of nitro groups is 1. The number of ether oxygens (including phenoxy) is 1. The topological polar surface area (TPSA) is 73.6 Å². The first kappa shape index (κ1) is 13.8. The highest BCUT2D eigenvalue weighted by Gasteiger charge is 2.15. The normalized spacial score (nSPS) is 15.6. The van der Waals surface area contributed by atoms with Gasteiger partial charge in [0, 0.05) is 12.1 Å². The summed E-state index contributed by atoms with van der Waals surface area (Å²) in [5.41, 5.74) is 2.96. The first-order valence-corrected chi connectivity index (χ1v) is 6.51. The lowest BCUT2D eigenvalue weighted by molar-refractivity contribution is -0.384. The second-order valence-electron chi connectivity index (χ2n) is 4.52. The maximum Gasteiger partial charge on any atom is 0.269 e. The summed E-state index contributed by atoms with van der Waals surface area (Å²) < 4.78 is 5.44. The molecule has 0 unspecified atom stereocenters. The van der Waals surface area contributed by atoms with E-state index in [1.807, 2.05) is 0 Å². The smallest absolute Gasteiger partial charge is 0.269 e. The van der Waals surface area contributed by atoms with E-state index in [0.717, 1.165) is 12.8 Å². The fraction of sp³-hybridized carbons (Fsp3) is 0.538. The maximum absolute atomic E-state index is 10.5. The standard InChI is InChI=1S/C13H18N2O4/c16-15(17)11-5-7-12(8-6-11)18-10-9-14-19-13-3-1-2-4-13/h5-8,13-14H,1-4,9-10H2. The van der Waals surface area contributed by atoms with Crippen LogP contribution in [0, 0.1) is 10.1 Å². The molecule has 0 atom stereocenters. The van der Waals surface area contributed by atoms with E-state index in [9.17, 15) is 10.1 Å². The number of hydrogen-bond acceptors (Lipinski definition) is 5. The molecule has 1 N–H and O–H groups in total. The summed E-state index contributed by atoms with van der Waals surface area (Å²) in [7, 11) is 0. The molecule has 0 aliphatic heterocycles. The second-order valence-corrected chi connectivity index (χ2v) is 4.52. The summed E-state index contributed by atoms with van der Waals surface area (Å²) in [5, 5.41) is 10.5.